The maximum absolute atomic E-state index is 11.4. The van der Waals surface area contributed by atoms with E-state index < -0.39 is 22.7 Å². The van der Waals surface area contributed by atoms with Crippen molar-refractivity contribution in [3.8, 4) is 11.5 Å². The molecule has 136 valence electrons. The number of hydrogen-bond acceptors (Lipinski definition) is 6. The molecular weight excluding hydrogens is 478 g/mol. The van der Waals surface area contributed by atoms with Gasteiger partial charge in [-0.2, -0.15) is 0 Å². The van der Waals surface area contributed by atoms with Crippen LogP contribution in [0.2, 0.25) is 0 Å². The molecule has 0 radical (unpaired) electrons. The third kappa shape index (κ3) is 4.11. The largest absolute Gasteiger partial charge is 0.480 e. The topological polar surface area (TPSA) is 159 Å². The molecule has 0 aliphatic carbocycles. The molecule has 0 aliphatic heterocycles. The zero-order valence-corrected chi connectivity index (χ0v) is 16.0. The first-order valence-electron chi connectivity index (χ1n) is 6.84. The van der Waals surface area contributed by atoms with Crippen molar-refractivity contribution in [3.05, 3.63) is 55.0 Å². The number of hydrogen-bond donors (Lipinski definition) is 3. The summed E-state index contributed by atoms with van der Waals surface area (Å²) in [5.74, 6) is -3.57. The number of carboxylic acids is 1. The van der Waals surface area contributed by atoms with Gasteiger partial charge in [-0.15, -0.1) is 0 Å². The Morgan fingerprint density at radius 3 is 2.23 bits per heavy atom. The number of anilines is 1. The normalized spacial score (nSPS) is 11.6. The minimum Gasteiger partial charge on any atom is -0.480 e. The highest BCUT2D eigenvalue weighted by atomic mass is 79.9. The monoisotopic (exact) mass is 487 g/mol. The highest BCUT2D eigenvalue weighted by molar-refractivity contribution is 9.11. The van der Waals surface area contributed by atoms with Crippen molar-refractivity contribution >= 4 is 55.1 Å². The molecule has 1 amide bonds. The molecule has 1 atom stereocenters. The first kappa shape index (κ1) is 19.7. The lowest BCUT2D eigenvalue weighted by molar-refractivity contribution is -0.384. The second-order valence-electron chi connectivity index (χ2n) is 5.07. The lowest BCUT2D eigenvalue weighted by atomic mass is 9.99. The Labute approximate surface area is 163 Å². The van der Waals surface area contributed by atoms with Gasteiger partial charge in [0.05, 0.1) is 19.9 Å². The maximum Gasteiger partial charge on any atom is 0.320 e. The predicted octanol–water partition coefficient (Wildman–Crippen LogP) is 3.15. The van der Waals surface area contributed by atoms with E-state index in [0.717, 1.165) is 6.07 Å². The van der Waals surface area contributed by atoms with E-state index in [9.17, 15) is 19.7 Å². The van der Waals surface area contributed by atoms with Crippen molar-refractivity contribution in [3.63, 3.8) is 0 Å². The van der Waals surface area contributed by atoms with Gasteiger partial charge >= 0.3 is 5.97 Å². The molecule has 2 aromatic rings. The van der Waals surface area contributed by atoms with Crippen molar-refractivity contribution in [2.45, 2.75) is 5.92 Å². The van der Waals surface area contributed by atoms with Crippen LogP contribution in [0.25, 0.3) is 0 Å². The van der Waals surface area contributed by atoms with Crippen LogP contribution >= 0.6 is 31.9 Å². The van der Waals surface area contributed by atoms with Crippen LogP contribution in [0.1, 0.15) is 11.5 Å². The van der Waals surface area contributed by atoms with Gasteiger partial charge in [0.1, 0.15) is 11.4 Å². The number of primary amides is 1. The smallest absolute Gasteiger partial charge is 0.320 e. The van der Waals surface area contributed by atoms with E-state index >= 15 is 0 Å². The number of nitrogens with zero attached hydrogens (tertiary/aromatic N) is 1. The number of ether oxygens (including phenoxy) is 1. The number of carbonyl (C=O) groups excluding carboxylic acids is 1. The SMILES string of the molecule is NC(=O)C(C(=O)O)c1cc(Br)c(Oc2ccc(N)c([N+](=O)[O-])c2)c(Br)c1. The fourth-order valence-corrected chi connectivity index (χ4v) is 3.52. The number of benzene rings is 2. The molecule has 11 heteroatoms. The molecule has 0 aromatic heterocycles. The molecule has 0 fully saturated rings. The summed E-state index contributed by atoms with van der Waals surface area (Å²) in [6.07, 6.45) is 0. The molecule has 0 saturated heterocycles. The summed E-state index contributed by atoms with van der Waals surface area (Å²) in [6, 6.07) is 6.67. The molecule has 26 heavy (non-hydrogen) atoms. The van der Waals surface area contributed by atoms with Crippen LogP contribution in [0.15, 0.2) is 39.3 Å². The fourth-order valence-electron chi connectivity index (χ4n) is 2.14. The summed E-state index contributed by atoms with van der Waals surface area (Å²) < 4.78 is 6.25. The number of carbonyl (C=O) groups is 2. The summed E-state index contributed by atoms with van der Waals surface area (Å²) in [7, 11) is 0. The Kier molecular flexibility index (Phi) is 5.83. The Morgan fingerprint density at radius 2 is 1.77 bits per heavy atom. The number of halogens is 2. The number of nitrogen functional groups attached to an aromatic ring is 1. The van der Waals surface area contributed by atoms with Crippen LogP contribution in [-0.2, 0) is 9.59 Å². The number of aliphatic carboxylic acids is 1. The van der Waals surface area contributed by atoms with Crippen LogP contribution in [0.3, 0.4) is 0 Å². The molecule has 0 heterocycles. The van der Waals surface area contributed by atoms with E-state index in [4.69, 9.17) is 21.3 Å². The molecule has 0 saturated carbocycles. The second-order valence-corrected chi connectivity index (χ2v) is 6.78. The van der Waals surface area contributed by atoms with Gasteiger partial charge in [0, 0.05) is 0 Å². The van der Waals surface area contributed by atoms with E-state index in [2.05, 4.69) is 31.9 Å². The molecule has 0 bridgehead atoms. The number of nitro groups is 1. The van der Waals surface area contributed by atoms with E-state index in [1.807, 2.05) is 0 Å². The molecule has 2 rings (SSSR count). The zero-order chi connectivity index (χ0) is 19.6. The Morgan fingerprint density at radius 1 is 1.19 bits per heavy atom. The number of nitrogens with two attached hydrogens (primary N) is 2. The maximum atomic E-state index is 11.4. The van der Waals surface area contributed by atoms with Gasteiger partial charge in [-0.3, -0.25) is 19.7 Å². The van der Waals surface area contributed by atoms with Gasteiger partial charge < -0.3 is 21.3 Å². The number of rotatable bonds is 6. The van der Waals surface area contributed by atoms with Crippen molar-refractivity contribution in [2.75, 3.05) is 5.73 Å². The first-order valence-corrected chi connectivity index (χ1v) is 8.43. The van der Waals surface area contributed by atoms with E-state index in [1.165, 1.54) is 24.3 Å². The van der Waals surface area contributed by atoms with E-state index in [-0.39, 0.29) is 28.4 Å². The van der Waals surface area contributed by atoms with Gasteiger partial charge in [-0.25, -0.2) is 0 Å². The van der Waals surface area contributed by atoms with Crippen LogP contribution in [0.4, 0.5) is 11.4 Å². The third-order valence-corrected chi connectivity index (χ3v) is 4.48. The first-order chi connectivity index (χ1) is 12.1. The molecule has 1 unspecified atom stereocenters. The number of amides is 1. The average Bonchev–Trinajstić information content (AvgIpc) is 2.51. The van der Waals surface area contributed by atoms with Crippen LogP contribution < -0.4 is 16.2 Å². The van der Waals surface area contributed by atoms with Crippen molar-refractivity contribution < 1.29 is 24.4 Å². The lowest BCUT2D eigenvalue weighted by Crippen LogP contribution is -2.28. The minimum absolute atomic E-state index is 0.0124. The summed E-state index contributed by atoms with van der Waals surface area (Å²) in [5.41, 5.74) is 10.5. The predicted molar refractivity (Wildman–Crippen MR) is 99.0 cm³/mol. The number of carboxylic acid groups (broad SMARTS) is 1. The van der Waals surface area contributed by atoms with Crippen LogP contribution in [0, 0.1) is 10.1 Å². The summed E-state index contributed by atoms with van der Waals surface area (Å²) in [6.45, 7) is 0. The Hall–Kier alpha value is -2.66. The quantitative estimate of drug-likeness (QED) is 0.243. The highest BCUT2D eigenvalue weighted by Crippen LogP contribution is 2.40. The third-order valence-electron chi connectivity index (χ3n) is 3.30. The van der Waals surface area contributed by atoms with Crippen molar-refractivity contribution in [2.24, 2.45) is 5.73 Å². The van der Waals surface area contributed by atoms with Crippen molar-refractivity contribution in [1.82, 2.24) is 0 Å². The highest BCUT2D eigenvalue weighted by Gasteiger charge is 2.28. The van der Waals surface area contributed by atoms with Crippen LogP contribution in [-0.4, -0.2) is 21.9 Å². The summed E-state index contributed by atoms with van der Waals surface area (Å²) in [5, 5.41) is 20.1. The Balaban J connectivity index is 2.43. The van der Waals surface area contributed by atoms with E-state index in [0.29, 0.717) is 8.95 Å². The molecule has 5 N–H and O–H groups in total. The zero-order valence-electron chi connectivity index (χ0n) is 12.8. The molecule has 2 aromatic carbocycles. The molecule has 9 nitrogen and oxygen atoms in total. The fraction of sp³-hybridized carbons (Fsp3) is 0.0667. The average molecular weight is 489 g/mol. The second kappa shape index (κ2) is 7.70. The molecule has 0 spiro atoms. The van der Waals surface area contributed by atoms with Crippen molar-refractivity contribution in [1.29, 1.82) is 0 Å². The minimum atomic E-state index is -1.53. The standard InChI is InChI=1S/C15H11Br2N3O6/c16-8-3-6(12(14(19)21)15(22)23)4-9(17)13(8)26-7-1-2-10(18)11(5-7)20(24)25/h1-5,12H,18H2,(H2,19,21)(H,22,23). The lowest BCUT2D eigenvalue weighted by Gasteiger charge is -2.14. The summed E-state index contributed by atoms with van der Waals surface area (Å²) in [4.78, 5) is 32.9. The van der Waals surface area contributed by atoms with Gasteiger partial charge in [-0.1, -0.05) is 0 Å². The number of nitro benzene ring substituents is 1. The molecule has 0 aliphatic rings. The van der Waals surface area contributed by atoms with Gasteiger partial charge in [0.2, 0.25) is 5.91 Å². The van der Waals surface area contributed by atoms with E-state index in [1.54, 1.807) is 0 Å². The summed E-state index contributed by atoms with van der Waals surface area (Å²) >= 11 is 6.45. The molecular formula is C15H11Br2N3O6. The van der Waals surface area contributed by atoms with Crippen LogP contribution in [0.5, 0.6) is 11.5 Å². The van der Waals surface area contributed by atoms with Gasteiger partial charge in [0.25, 0.3) is 5.69 Å². The Bertz CT molecular complexity index is 881. The van der Waals surface area contributed by atoms with Gasteiger partial charge in [0.15, 0.2) is 11.7 Å². The van der Waals surface area contributed by atoms with Gasteiger partial charge in [-0.05, 0) is 61.7 Å².